The van der Waals surface area contributed by atoms with Crippen molar-refractivity contribution in [2.45, 2.75) is 26.4 Å². The van der Waals surface area contributed by atoms with Crippen LogP contribution < -0.4 is 5.56 Å². The highest BCUT2D eigenvalue weighted by atomic mass is 16.3. The Bertz CT molecular complexity index is 879. The summed E-state index contributed by atoms with van der Waals surface area (Å²) in [5.74, 6) is 0.113. The molecule has 23 heavy (non-hydrogen) atoms. The number of hydrogen-bond acceptors (Lipinski definition) is 3. The lowest BCUT2D eigenvalue weighted by Gasteiger charge is -2.26. The molecule has 0 aliphatic heterocycles. The molecule has 0 spiro atoms. The van der Waals surface area contributed by atoms with E-state index in [2.05, 4.69) is 4.98 Å². The predicted octanol–water partition coefficient (Wildman–Crippen LogP) is 3.17. The summed E-state index contributed by atoms with van der Waals surface area (Å²) >= 11 is 0. The molecule has 0 aliphatic carbocycles. The van der Waals surface area contributed by atoms with Gasteiger partial charge in [-0.1, -0.05) is 18.2 Å². The van der Waals surface area contributed by atoms with E-state index in [1.54, 1.807) is 23.1 Å². The molecule has 0 unspecified atom stereocenters. The van der Waals surface area contributed by atoms with E-state index in [1.807, 2.05) is 38.1 Å². The van der Waals surface area contributed by atoms with E-state index in [9.17, 15) is 9.59 Å². The maximum atomic E-state index is 12.6. The minimum absolute atomic E-state index is 0.0225. The van der Waals surface area contributed by atoms with Crippen molar-refractivity contribution >= 4 is 16.8 Å². The third kappa shape index (κ3) is 3.04. The standard InChI is InChI=1S/C18H18N2O3/c1-12(2)20(18(22)16-8-5-9-23-16)11-13-10-17(21)19-15-7-4-3-6-14(13)15/h3-10,12H,11H2,1-2H3,(H,19,21). The van der Waals surface area contributed by atoms with E-state index in [1.165, 1.54) is 6.26 Å². The van der Waals surface area contributed by atoms with Crippen LogP contribution >= 0.6 is 0 Å². The SMILES string of the molecule is CC(C)N(Cc1cc(=O)[nH]c2ccccc12)C(=O)c1ccco1. The molecule has 2 heterocycles. The topological polar surface area (TPSA) is 66.3 Å². The zero-order chi connectivity index (χ0) is 16.4. The molecule has 1 N–H and O–H groups in total. The van der Waals surface area contributed by atoms with Crippen LogP contribution in [0.4, 0.5) is 0 Å². The summed E-state index contributed by atoms with van der Waals surface area (Å²) in [6.45, 7) is 4.23. The van der Waals surface area contributed by atoms with E-state index in [-0.39, 0.29) is 17.5 Å². The Labute approximate surface area is 133 Å². The third-order valence-corrected chi connectivity index (χ3v) is 3.79. The lowest BCUT2D eigenvalue weighted by atomic mass is 10.1. The van der Waals surface area contributed by atoms with Crippen LogP contribution in [0.1, 0.15) is 30.0 Å². The highest BCUT2D eigenvalue weighted by Gasteiger charge is 2.22. The number of para-hydroxylation sites is 1. The van der Waals surface area contributed by atoms with E-state index in [0.29, 0.717) is 12.3 Å². The van der Waals surface area contributed by atoms with Crippen molar-refractivity contribution in [1.82, 2.24) is 9.88 Å². The Morgan fingerprint density at radius 2 is 2.00 bits per heavy atom. The number of aromatic amines is 1. The molecule has 0 bridgehead atoms. The van der Waals surface area contributed by atoms with Crippen molar-refractivity contribution < 1.29 is 9.21 Å². The van der Waals surface area contributed by atoms with Gasteiger partial charge in [0.1, 0.15) is 0 Å². The molecule has 1 amide bonds. The fourth-order valence-electron chi connectivity index (χ4n) is 2.62. The van der Waals surface area contributed by atoms with Gasteiger partial charge in [-0.05, 0) is 37.6 Å². The van der Waals surface area contributed by atoms with Gasteiger partial charge in [-0.3, -0.25) is 9.59 Å². The molecule has 0 saturated carbocycles. The van der Waals surface area contributed by atoms with Crippen molar-refractivity contribution in [3.63, 3.8) is 0 Å². The van der Waals surface area contributed by atoms with Crippen LogP contribution in [0.2, 0.25) is 0 Å². The van der Waals surface area contributed by atoms with Gasteiger partial charge in [-0.15, -0.1) is 0 Å². The number of aromatic nitrogens is 1. The first-order valence-corrected chi connectivity index (χ1v) is 7.51. The number of benzene rings is 1. The summed E-state index contributed by atoms with van der Waals surface area (Å²) in [5, 5.41) is 0.935. The Kier molecular flexibility index (Phi) is 4.02. The number of carbonyl (C=O) groups is 1. The summed E-state index contributed by atoms with van der Waals surface area (Å²) in [6, 6.07) is 12.4. The van der Waals surface area contributed by atoms with E-state index >= 15 is 0 Å². The Hall–Kier alpha value is -2.82. The molecule has 3 aromatic rings. The molecule has 0 fully saturated rings. The van der Waals surface area contributed by atoms with Gasteiger partial charge >= 0.3 is 0 Å². The maximum absolute atomic E-state index is 12.6. The average molecular weight is 310 g/mol. The smallest absolute Gasteiger partial charge is 0.290 e. The first-order valence-electron chi connectivity index (χ1n) is 7.51. The number of H-pyrrole nitrogens is 1. The molecule has 5 nitrogen and oxygen atoms in total. The molecule has 2 aromatic heterocycles. The Morgan fingerprint density at radius 1 is 1.22 bits per heavy atom. The van der Waals surface area contributed by atoms with Gasteiger partial charge < -0.3 is 14.3 Å². The van der Waals surface area contributed by atoms with Crippen LogP contribution in [0.15, 0.2) is 57.9 Å². The molecule has 0 radical (unpaired) electrons. The van der Waals surface area contributed by atoms with Crippen molar-refractivity contribution in [2.24, 2.45) is 0 Å². The third-order valence-electron chi connectivity index (χ3n) is 3.79. The number of nitrogens with zero attached hydrogens (tertiary/aromatic N) is 1. The van der Waals surface area contributed by atoms with Gasteiger partial charge in [0.15, 0.2) is 5.76 Å². The zero-order valence-corrected chi connectivity index (χ0v) is 13.1. The molecular formula is C18H18N2O3. The first kappa shape index (κ1) is 15.1. The van der Waals surface area contributed by atoms with Crippen molar-refractivity contribution in [2.75, 3.05) is 0 Å². The van der Waals surface area contributed by atoms with Crippen LogP contribution in [-0.4, -0.2) is 21.8 Å². The van der Waals surface area contributed by atoms with Gasteiger partial charge in [-0.25, -0.2) is 0 Å². The number of rotatable bonds is 4. The van der Waals surface area contributed by atoms with Crippen LogP contribution in [0.5, 0.6) is 0 Å². The number of amides is 1. The van der Waals surface area contributed by atoms with Crippen LogP contribution in [-0.2, 0) is 6.54 Å². The fraction of sp³-hybridized carbons (Fsp3) is 0.222. The van der Waals surface area contributed by atoms with Crippen LogP contribution in [0.3, 0.4) is 0 Å². The van der Waals surface area contributed by atoms with E-state index in [4.69, 9.17) is 4.42 Å². The quantitative estimate of drug-likeness (QED) is 0.805. The Balaban J connectivity index is 2.01. The average Bonchev–Trinajstić information content (AvgIpc) is 3.05. The van der Waals surface area contributed by atoms with Crippen molar-refractivity contribution in [1.29, 1.82) is 0 Å². The van der Waals surface area contributed by atoms with Gasteiger partial charge in [0, 0.05) is 29.6 Å². The van der Waals surface area contributed by atoms with Gasteiger partial charge in [-0.2, -0.15) is 0 Å². The molecule has 5 heteroatoms. The lowest BCUT2D eigenvalue weighted by Crippen LogP contribution is -2.36. The molecule has 0 atom stereocenters. The lowest BCUT2D eigenvalue weighted by molar-refractivity contribution is 0.0658. The molecule has 118 valence electrons. The van der Waals surface area contributed by atoms with E-state index in [0.717, 1.165) is 16.5 Å². The number of fused-ring (bicyclic) bond motifs is 1. The summed E-state index contributed by atoms with van der Waals surface area (Å²) in [7, 11) is 0. The Morgan fingerprint density at radius 3 is 2.70 bits per heavy atom. The van der Waals surface area contributed by atoms with Gasteiger partial charge in [0.25, 0.3) is 5.91 Å². The highest BCUT2D eigenvalue weighted by Crippen LogP contribution is 2.19. The second-order valence-corrected chi connectivity index (χ2v) is 5.71. The van der Waals surface area contributed by atoms with Crippen molar-refractivity contribution in [3.8, 4) is 0 Å². The van der Waals surface area contributed by atoms with Gasteiger partial charge in [0.2, 0.25) is 5.56 Å². The predicted molar refractivity (Wildman–Crippen MR) is 88.3 cm³/mol. The van der Waals surface area contributed by atoms with Gasteiger partial charge in [0.05, 0.1) is 6.26 Å². The highest BCUT2D eigenvalue weighted by molar-refractivity contribution is 5.92. The largest absolute Gasteiger partial charge is 0.459 e. The molecule has 0 aliphatic rings. The minimum Gasteiger partial charge on any atom is -0.459 e. The number of furan rings is 1. The summed E-state index contributed by atoms with van der Waals surface area (Å²) in [6.07, 6.45) is 1.48. The summed E-state index contributed by atoms with van der Waals surface area (Å²) in [5.41, 5.74) is 1.41. The molecule has 3 rings (SSSR count). The van der Waals surface area contributed by atoms with Crippen LogP contribution in [0.25, 0.3) is 10.9 Å². The van der Waals surface area contributed by atoms with Crippen LogP contribution in [0, 0.1) is 0 Å². The number of carbonyl (C=O) groups excluding carboxylic acids is 1. The molecule has 1 aromatic carbocycles. The summed E-state index contributed by atoms with van der Waals surface area (Å²) < 4.78 is 5.22. The number of nitrogens with one attached hydrogen (secondary N) is 1. The minimum atomic E-state index is -0.186. The first-order chi connectivity index (χ1) is 11.1. The zero-order valence-electron chi connectivity index (χ0n) is 13.1. The summed E-state index contributed by atoms with van der Waals surface area (Å²) in [4.78, 5) is 29.0. The van der Waals surface area contributed by atoms with Crippen molar-refractivity contribution in [3.05, 3.63) is 70.4 Å². The second-order valence-electron chi connectivity index (χ2n) is 5.71. The molecule has 0 saturated heterocycles. The van der Waals surface area contributed by atoms with E-state index < -0.39 is 0 Å². The monoisotopic (exact) mass is 310 g/mol. The molecular weight excluding hydrogens is 292 g/mol. The second kappa shape index (κ2) is 6.12. The fourth-order valence-corrected chi connectivity index (χ4v) is 2.62. The normalized spacial score (nSPS) is 11.1. The number of pyridine rings is 1. The maximum Gasteiger partial charge on any atom is 0.290 e. The number of hydrogen-bond donors (Lipinski definition) is 1.